The zero-order chi connectivity index (χ0) is 24.2. The molecule has 1 aliphatic rings. The van der Waals surface area contributed by atoms with E-state index < -0.39 is 39.0 Å². The van der Waals surface area contributed by atoms with Gasteiger partial charge in [0.15, 0.2) is 17.4 Å². The molecule has 1 heterocycles. The summed E-state index contributed by atoms with van der Waals surface area (Å²) in [6.07, 6.45) is 2.12. The van der Waals surface area contributed by atoms with E-state index in [0.29, 0.717) is 24.9 Å². The van der Waals surface area contributed by atoms with Crippen LogP contribution >= 0.6 is 11.6 Å². The molecule has 3 rings (SSSR count). The van der Waals surface area contributed by atoms with Crippen LogP contribution in [0.5, 0.6) is 0 Å². The molecule has 2 atom stereocenters. The van der Waals surface area contributed by atoms with Gasteiger partial charge in [-0.2, -0.15) is 8.42 Å². The number of nitrogens with one attached hydrogen (secondary N) is 1. The van der Waals surface area contributed by atoms with Crippen molar-refractivity contribution in [3.63, 3.8) is 0 Å². The van der Waals surface area contributed by atoms with Crippen LogP contribution in [0.25, 0.3) is 0 Å². The van der Waals surface area contributed by atoms with Gasteiger partial charge in [0.2, 0.25) is 0 Å². The molecule has 180 valence electrons. The summed E-state index contributed by atoms with van der Waals surface area (Å²) < 4.78 is 69.8. The number of hydrogen-bond acceptors (Lipinski definition) is 5. The SMILES string of the molecule is CS(=O)(=O)OCCC1(c2ccc(F)c(F)c2)CCCNC(C(=O)Cc2c(F)cccc2Cl)C1. The van der Waals surface area contributed by atoms with Crippen molar-refractivity contribution in [3.05, 3.63) is 70.0 Å². The number of benzene rings is 2. The van der Waals surface area contributed by atoms with Crippen molar-refractivity contribution in [2.24, 2.45) is 0 Å². The first-order valence-corrected chi connectivity index (χ1v) is 12.7. The molecule has 0 aliphatic carbocycles. The Balaban J connectivity index is 1.92. The lowest BCUT2D eigenvalue weighted by Crippen LogP contribution is -2.42. The summed E-state index contributed by atoms with van der Waals surface area (Å²) in [5, 5.41) is 3.30. The fourth-order valence-electron chi connectivity index (χ4n) is 4.34. The maximum atomic E-state index is 14.2. The van der Waals surface area contributed by atoms with Crippen molar-refractivity contribution >= 4 is 27.5 Å². The van der Waals surface area contributed by atoms with Gasteiger partial charge in [-0.1, -0.05) is 23.7 Å². The lowest BCUT2D eigenvalue weighted by molar-refractivity contribution is -0.120. The lowest BCUT2D eigenvalue weighted by Gasteiger charge is -2.35. The van der Waals surface area contributed by atoms with Crippen LogP contribution in [0.4, 0.5) is 13.2 Å². The van der Waals surface area contributed by atoms with E-state index in [4.69, 9.17) is 15.8 Å². The largest absolute Gasteiger partial charge is 0.307 e. The van der Waals surface area contributed by atoms with Crippen LogP contribution in [-0.2, 0) is 30.9 Å². The first-order chi connectivity index (χ1) is 15.5. The number of Topliss-reactive ketones (excluding diaryl/α,β-unsaturated/α-hetero) is 1. The van der Waals surface area contributed by atoms with Crippen LogP contribution in [0.1, 0.15) is 36.8 Å². The minimum atomic E-state index is -3.71. The topological polar surface area (TPSA) is 72.5 Å². The van der Waals surface area contributed by atoms with Crippen LogP contribution in [-0.4, -0.2) is 39.7 Å². The highest BCUT2D eigenvalue weighted by atomic mass is 35.5. The molecule has 0 spiro atoms. The van der Waals surface area contributed by atoms with Crippen molar-refractivity contribution in [1.29, 1.82) is 0 Å². The Morgan fingerprint density at radius 3 is 2.61 bits per heavy atom. The van der Waals surface area contributed by atoms with E-state index in [2.05, 4.69) is 5.32 Å². The third-order valence-corrected chi connectivity index (χ3v) is 6.98. The second-order valence-electron chi connectivity index (χ2n) is 8.34. The quantitative estimate of drug-likeness (QED) is 0.543. The predicted octanol–water partition coefficient (Wildman–Crippen LogP) is 4.32. The molecule has 0 radical (unpaired) electrons. The van der Waals surface area contributed by atoms with E-state index in [0.717, 1.165) is 18.4 Å². The number of carbonyl (C=O) groups excluding carboxylic acids is 1. The zero-order valence-electron chi connectivity index (χ0n) is 18.0. The van der Waals surface area contributed by atoms with E-state index >= 15 is 0 Å². The van der Waals surface area contributed by atoms with Crippen molar-refractivity contribution in [2.45, 2.75) is 43.6 Å². The Labute approximate surface area is 196 Å². The van der Waals surface area contributed by atoms with Crippen LogP contribution in [0.2, 0.25) is 5.02 Å². The van der Waals surface area contributed by atoms with Gasteiger partial charge < -0.3 is 5.32 Å². The second kappa shape index (κ2) is 10.5. The first-order valence-electron chi connectivity index (χ1n) is 10.5. The summed E-state index contributed by atoms with van der Waals surface area (Å²) in [4.78, 5) is 13.1. The predicted molar refractivity (Wildman–Crippen MR) is 119 cm³/mol. The number of ketones is 1. The molecule has 2 aromatic rings. The Kier molecular flexibility index (Phi) is 8.21. The highest BCUT2D eigenvalue weighted by molar-refractivity contribution is 7.85. The maximum absolute atomic E-state index is 14.2. The van der Waals surface area contributed by atoms with E-state index in [-0.39, 0.29) is 42.2 Å². The standard InChI is InChI=1S/C23H25ClF3NO4S/c1-33(30,31)32-11-9-23(15-6-7-19(26)20(27)12-15)8-3-10-28-21(14-23)22(29)13-16-17(24)4-2-5-18(16)25/h2,4-7,12,21,28H,3,8-11,13-14H2,1H3. The third-order valence-electron chi connectivity index (χ3n) is 6.03. The van der Waals surface area contributed by atoms with Crippen LogP contribution < -0.4 is 5.32 Å². The highest BCUT2D eigenvalue weighted by Gasteiger charge is 2.39. The van der Waals surface area contributed by atoms with Gasteiger partial charge in [-0.3, -0.25) is 8.98 Å². The van der Waals surface area contributed by atoms with Gasteiger partial charge in [0.25, 0.3) is 10.1 Å². The average Bonchev–Trinajstić information content (AvgIpc) is 2.95. The fraction of sp³-hybridized carbons (Fsp3) is 0.435. The molecule has 1 aliphatic heterocycles. The Morgan fingerprint density at radius 1 is 1.18 bits per heavy atom. The van der Waals surface area contributed by atoms with Gasteiger partial charge in [0.05, 0.1) is 18.9 Å². The molecule has 0 saturated carbocycles. The molecular weight excluding hydrogens is 479 g/mol. The van der Waals surface area contributed by atoms with Crippen molar-refractivity contribution in [3.8, 4) is 0 Å². The van der Waals surface area contributed by atoms with E-state index in [9.17, 15) is 26.4 Å². The molecule has 10 heteroatoms. The Morgan fingerprint density at radius 2 is 1.94 bits per heavy atom. The normalized spacial score (nSPS) is 21.5. The molecule has 2 aromatic carbocycles. The van der Waals surface area contributed by atoms with E-state index in [1.807, 2.05) is 0 Å². The van der Waals surface area contributed by atoms with Crippen LogP contribution in [0.3, 0.4) is 0 Å². The molecule has 0 amide bonds. The molecule has 0 bridgehead atoms. The molecule has 1 fully saturated rings. The van der Waals surface area contributed by atoms with Crippen molar-refractivity contribution in [2.75, 3.05) is 19.4 Å². The molecular formula is C23H25ClF3NO4S. The number of carbonyl (C=O) groups is 1. The molecule has 5 nitrogen and oxygen atoms in total. The summed E-state index contributed by atoms with van der Waals surface area (Å²) in [6.45, 7) is 0.289. The first kappa shape index (κ1) is 25.7. The van der Waals surface area contributed by atoms with Gasteiger partial charge >= 0.3 is 0 Å². The van der Waals surface area contributed by atoms with Crippen LogP contribution in [0, 0.1) is 17.5 Å². The Bertz CT molecular complexity index is 1110. The van der Waals surface area contributed by atoms with Crippen molar-refractivity contribution < 1.29 is 30.6 Å². The number of rotatable bonds is 8. The Hall–Kier alpha value is -1.94. The van der Waals surface area contributed by atoms with Gasteiger partial charge in [-0.05, 0) is 67.5 Å². The minimum Gasteiger partial charge on any atom is -0.307 e. The van der Waals surface area contributed by atoms with E-state index in [1.54, 1.807) is 0 Å². The van der Waals surface area contributed by atoms with E-state index in [1.165, 1.54) is 24.3 Å². The highest BCUT2D eigenvalue weighted by Crippen LogP contribution is 2.40. The monoisotopic (exact) mass is 503 g/mol. The third kappa shape index (κ3) is 6.56. The summed E-state index contributed by atoms with van der Waals surface area (Å²) in [5.74, 6) is -2.93. The van der Waals surface area contributed by atoms with Crippen LogP contribution in [0.15, 0.2) is 36.4 Å². The number of hydrogen-bond donors (Lipinski definition) is 1. The summed E-state index contributed by atoms with van der Waals surface area (Å²) in [7, 11) is -3.71. The van der Waals surface area contributed by atoms with Gasteiger partial charge in [-0.25, -0.2) is 13.2 Å². The molecule has 33 heavy (non-hydrogen) atoms. The summed E-state index contributed by atoms with van der Waals surface area (Å²) in [6, 6.07) is 6.99. The summed E-state index contributed by atoms with van der Waals surface area (Å²) >= 11 is 6.08. The fourth-order valence-corrected chi connectivity index (χ4v) is 4.96. The van der Waals surface area contributed by atoms with Crippen molar-refractivity contribution in [1.82, 2.24) is 5.32 Å². The molecule has 0 aromatic heterocycles. The number of halogens is 4. The smallest absolute Gasteiger partial charge is 0.264 e. The molecule has 1 N–H and O–H groups in total. The summed E-state index contributed by atoms with van der Waals surface area (Å²) in [5.41, 5.74) is -0.319. The lowest BCUT2D eigenvalue weighted by atomic mass is 9.70. The molecule has 2 unspecified atom stereocenters. The molecule has 1 saturated heterocycles. The zero-order valence-corrected chi connectivity index (χ0v) is 19.6. The maximum Gasteiger partial charge on any atom is 0.264 e. The second-order valence-corrected chi connectivity index (χ2v) is 10.4. The van der Waals surface area contributed by atoms with Gasteiger partial charge in [0.1, 0.15) is 5.82 Å². The van der Waals surface area contributed by atoms with Gasteiger partial charge in [0, 0.05) is 17.0 Å². The van der Waals surface area contributed by atoms with Gasteiger partial charge in [-0.15, -0.1) is 0 Å². The minimum absolute atomic E-state index is 0.0917. The average molecular weight is 504 g/mol.